The van der Waals surface area contributed by atoms with E-state index in [1.165, 1.54) is 22.3 Å². The number of benzene rings is 1. The monoisotopic (exact) mass is 275 g/mol. The van der Waals surface area contributed by atoms with Crippen molar-refractivity contribution < 1.29 is 0 Å². The van der Waals surface area contributed by atoms with Crippen molar-refractivity contribution in [3.8, 4) is 0 Å². The van der Waals surface area contributed by atoms with Gasteiger partial charge in [-0.15, -0.1) is 6.58 Å². The second-order valence-corrected chi connectivity index (χ2v) is 4.96. The van der Waals surface area contributed by atoms with Crippen molar-refractivity contribution in [1.82, 2.24) is 0 Å². The summed E-state index contributed by atoms with van der Waals surface area (Å²) in [5.41, 5.74) is 6.14. The minimum absolute atomic E-state index is 0.780. The first-order valence-electron chi connectivity index (χ1n) is 7.19. The molecule has 2 rings (SSSR count). The summed E-state index contributed by atoms with van der Waals surface area (Å²) in [6.07, 6.45) is 13.4. The van der Waals surface area contributed by atoms with Crippen LogP contribution in [0.5, 0.6) is 0 Å². The summed E-state index contributed by atoms with van der Waals surface area (Å²) < 4.78 is 0. The molecular formula is C20H21N. The van der Waals surface area contributed by atoms with Crippen molar-refractivity contribution in [2.24, 2.45) is 4.99 Å². The van der Waals surface area contributed by atoms with E-state index in [4.69, 9.17) is 0 Å². The first-order chi connectivity index (χ1) is 10.3. The van der Waals surface area contributed by atoms with E-state index in [-0.39, 0.29) is 0 Å². The van der Waals surface area contributed by atoms with Crippen LogP contribution in [0.3, 0.4) is 0 Å². The molecule has 0 bridgehead atoms. The minimum Gasteiger partial charge on any atom is -0.264 e. The molecule has 0 amide bonds. The maximum Gasteiger partial charge on any atom is 0.0518 e. The lowest BCUT2D eigenvalue weighted by atomic mass is 9.88. The molecule has 21 heavy (non-hydrogen) atoms. The third-order valence-corrected chi connectivity index (χ3v) is 3.46. The summed E-state index contributed by atoms with van der Waals surface area (Å²) in [6.45, 7) is 9.70. The predicted octanol–water partition coefficient (Wildman–Crippen LogP) is 5.43. The maximum atomic E-state index is 4.59. The van der Waals surface area contributed by atoms with Gasteiger partial charge in [0.2, 0.25) is 0 Å². The minimum atomic E-state index is 0.780. The van der Waals surface area contributed by atoms with E-state index < -0.39 is 0 Å². The summed E-state index contributed by atoms with van der Waals surface area (Å²) in [6, 6.07) is 8.46. The molecule has 1 aliphatic rings. The van der Waals surface area contributed by atoms with Gasteiger partial charge in [0.1, 0.15) is 0 Å². The second-order valence-electron chi connectivity index (χ2n) is 4.96. The van der Waals surface area contributed by atoms with Crippen LogP contribution in [0.15, 0.2) is 84.1 Å². The van der Waals surface area contributed by atoms with E-state index in [1.54, 1.807) is 6.08 Å². The van der Waals surface area contributed by atoms with Gasteiger partial charge in [-0.25, -0.2) is 0 Å². The van der Waals surface area contributed by atoms with Crippen molar-refractivity contribution in [3.05, 3.63) is 90.2 Å². The fourth-order valence-corrected chi connectivity index (χ4v) is 2.48. The van der Waals surface area contributed by atoms with Gasteiger partial charge in [-0.1, -0.05) is 61.2 Å². The molecular weight excluding hydrogens is 254 g/mol. The van der Waals surface area contributed by atoms with Gasteiger partial charge in [-0.05, 0) is 23.6 Å². The Morgan fingerprint density at radius 3 is 2.71 bits per heavy atom. The summed E-state index contributed by atoms with van der Waals surface area (Å²) >= 11 is 0. The summed E-state index contributed by atoms with van der Waals surface area (Å²) in [4.78, 5) is 4.59. The number of aliphatic imine (C=N–C) groups is 1. The molecule has 0 N–H and O–H groups in total. The summed E-state index contributed by atoms with van der Waals surface area (Å²) in [5, 5.41) is 0. The van der Waals surface area contributed by atoms with Crippen LogP contribution in [0.1, 0.15) is 24.0 Å². The van der Waals surface area contributed by atoms with Gasteiger partial charge in [0, 0.05) is 24.6 Å². The summed E-state index contributed by atoms with van der Waals surface area (Å²) in [7, 11) is 0. The molecule has 106 valence electrons. The zero-order valence-corrected chi connectivity index (χ0v) is 12.5. The third-order valence-electron chi connectivity index (χ3n) is 3.46. The van der Waals surface area contributed by atoms with Crippen LogP contribution in [-0.2, 0) is 0 Å². The van der Waals surface area contributed by atoms with E-state index >= 15 is 0 Å². The molecule has 0 spiro atoms. The fourth-order valence-electron chi connectivity index (χ4n) is 2.48. The topological polar surface area (TPSA) is 12.4 Å². The van der Waals surface area contributed by atoms with Crippen molar-refractivity contribution >= 4 is 11.8 Å². The van der Waals surface area contributed by atoms with Crippen molar-refractivity contribution in [2.45, 2.75) is 19.8 Å². The molecule has 1 aliphatic heterocycles. The number of allylic oxidation sites excluding steroid dienone is 7. The molecule has 1 heterocycles. The van der Waals surface area contributed by atoms with Gasteiger partial charge in [0.25, 0.3) is 0 Å². The first-order valence-corrected chi connectivity index (χ1v) is 7.19. The van der Waals surface area contributed by atoms with Crippen LogP contribution in [0.2, 0.25) is 0 Å². The molecule has 0 saturated carbocycles. The molecule has 1 heteroatoms. The SMILES string of the molecule is C=C/C=C\C=C1/CC=NC(CC=C)=C1c1ccccc1C. The summed E-state index contributed by atoms with van der Waals surface area (Å²) in [5.74, 6) is 0. The predicted molar refractivity (Wildman–Crippen MR) is 93.4 cm³/mol. The number of rotatable bonds is 5. The van der Waals surface area contributed by atoms with E-state index in [2.05, 4.69) is 55.4 Å². The largest absolute Gasteiger partial charge is 0.264 e. The zero-order valence-electron chi connectivity index (χ0n) is 12.5. The highest BCUT2D eigenvalue weighted by atomic mass is 14.7. The van der Waals surface area contributed by atoms with E-state index in [1.807, 2.05) is 24.4 Å². The van der Waals surface area contributed by atoms with Crippen molar-refractivity contribution in [1.29, 1.82) is 0 Å². The van der Waals surface area contributed by atoms with E-state index in [0.717, 1.165) is 18.5 Å². The van der Waals surface area contributed by atoms with E-state index in [9.17, 15) is 0 Å². The van der Waals surface area contributed by atoms with Gasteiger partial charge in [-0.2, -0.15) is 0 Å². The molecule has 0 aromatic heterocycles. The van der Waals surface area contributed by atoms with Crippen LogP contribution in [0.25, 0.3) is 5.57 Å². The van der Waals surface area contributed by atoms with E-state index in [0.29, 0.717) is 0 Å². The lowest BCUT2D eigenvalue weighted by Crippen LogP contribution is -2.02. The highest BCUT2D eigenvalue weighted by Crippen LogP contribution is 2.35. The van der Waals surface area contributed by atoms with Crippen LogP contribution in [-0.4, -0.2) is 6.21 Å². The van der Waals surface area contributed by atoms with Crippen molar-refractivity contribution in [2.75, 3.05) is 0 Å². The smallest absolute Gasteiger partial charge is 0.0518 e. The van der Waals surface area contributed by atoms with Gasteiger partial charge in [0.05, 0.1) is 5.70 Å². The molecule has 0 fully saturated rings. The molecule has 0 radical (unpaired) electrons. The number of aryl methyl sites for hydroxylation is 1. The Hall–Kier alpha value is -2.41. The molecule has 0 unspecified atom stereocenters. The van der Waals surface area contributed by atoms with Crippen LogP contribution in [0.4, 0.5) is 0 Å². The first kappa shape index (κ1) is 15.0. The third kappa shape index (κ3) is 3.57. The van der Waals surface area contributed by atoms with Crippen LogP contribution < -0.4 is 0 Å². The van der Waals surface area contributed by atoms with Gasteiger partial charge in [0.15, 0.2) is 0 Å². The average molecular weight is 275 g/mol. The maximum absolute atomic E-state index is 4.59. The van der Waals surface area contributed by atoms with Gasteiger partial charge < -0.3 is 0 Å². The Morgan fingerprint density at radius 1 is 1.19 bits per heavy atom. The van der Waals surface area contributed by atoms with Crippen LogP contribution >= 0.6 is 0 Å². The van der Waals surface area contributed by atoms with Gasteiger partial charge in [-0.3, -0.25) is 4.99 Å². The Labute approximate surface area is 127 Å². The second kappa shape index (κ2) is 7.39. The Bertz CT molecular complexity index is 654. The van der Waals surface area contributed by atoms with Crippen LogP contribution in [0, 0.1) is 6.92 Å². The Morgan fingerprint density at radius 2 is 2.00 bits per heavy atom. The highest BCUT2D eigenvalue weighted by molar-refractivity contribution is 5.90. The molecule has 1 aromatic rings. The fraction of sp³-hybridized carbons (Fsp3) is 0.150. The van der Waals surface area contributed by atoms with Crippen molar-refractivity contribution in [3.63, 3.8) is 0 Å². The Balaban J connectivity index is 2.58. The molecule has 1 aromatic carbocycles. The average Bonchev–Trinajstić information content (AvgIpc) is 2.49. The molecule has 0 aliphatic carbocycles. The molecule has 0 saturated heterocycles. The number of nitrogens with zero attached hydrogens (tertiary/aromatic N) is 1. The zero-order chi connectivity index (χ0) is 15.1. The normalized spacial score (nSPS) is 16.7. The standard InChI is InChI=1S/C20H21N/c1-4-6-7-12-17-14-15-21-19(10-5-2)20(17)18-13-9-8-11-16(18)3/h4-9,11-13,15H,1-2,10,14H2,3H3/b7-6-,17-12+. The molecule has 1 nitrogen and oxygen atoms in total. The number of hydrogen-bond acceptors (Lipinski definition) is 1. The molecule has 0 atom stereocenters. The highest BCUT2D eigenvalue weighted by Gasteiger charge is 2.17. The van der Waals surface area contributed by atoms with Gasteiger partial charge >= 0.3 is 0 Å². The quantitative estimate of drug-likeness (QED) is 0.502. The lowest BCUT2D eigenvalue weighted by Gasteiger charge is -2.19. The Kier molecular flexibility index (Phi) is 5.28. The number of hydrogen-bond donors (Lipinski definition) is 0. The lowest BCUT2D eigenvalue weighted by molar-refractivity contribution is 1.13.